The van der Waals surface area contributed by atoms with E-state index in [1.54, 1.807) is 33.5 Å². The molecule has 1 N–H and O–H groups in total. The van der Waals surface area contributed by atoms with Gasteiger partial charge in [-0.05, 0) is 98.7 Å². The maximum Gasteiger partial charge on any atom is 0.357 e. The molecular weight excluding hydrogens is 544 g/mol. The minimum Gasteiger partial charge on any atom is -0.493 e. The Balaban J connectivity index is 2.73. The summed E-state index contributed by atoms with van der Waals surface area (Å²) >= 11 is 2.26. The molecule has 7 nitrogen and oxygen atoms in total. The number of methoxy groups -OCH3 is 3. The fourth-order valence-electron chi connectivity index (χ4n) is 3.27. The molecule has 0 bridgehead atoms. The Labute approximate surface area is 204 Å². The molecule has 0 aliphatic carbocycles. The van der Waals surface area contributed by atoms with Crippen molar-refractivity contribution in [3.8, 4) is 17.2 Å². The number of aryl methyl sites for hydroxylation is 1. The number of benzene rings is 2. The molecule has 0 aromatic heterocycles. The van der Waals surface area contributed by atoms with Crippen molar-refractivity contribution in [2.24, 2.45) is 0 Å². The Kier molecular flexibility index (Phi) is 9.69. The fraction of sp³-hybridized carbons (Fsp3) is 0.478. The Morgan fingerprint density at radius 3 is 1.81 bits per heavy atom. The third-order valence-electron chi connectivity index (χ3n) is 4.52. The normalized spacial score (nSPS) is 12.7. The largest absolute Gasteiger partial charge is 0.493 e. The first-order valence-electron chi connectivity index (χ1n) is 10.3. The Hall–Kier alpha value is -1.48. The molecule has 32 heavy (non-hydrogen) atoms. The van der Waals surface area contributed by atoms with Crippen molar-refractivity contribution in [1.29, 1.82) is 0 Å². The van der Waals surface area contributed by atoms with Gasteiger partial charge >= 0.3 is 7.60 Å². The van der Waals surface area contributed by atoms with Crippen molar-refractivity contribution in [2.75, 3.05) is 26.6 Å². The van der Waals surface area contributed by atoms with Gasteiger partial charge in [-0.25, -0.2) is 0 Å². The van der Waals surface area contributed by atoms with Crippen molar-refractivity contribution in [3.05, 3.63) is 45.0 Å². The molecule has 178 valence electrons. The van der Waals surface area contributed by atoms with Crippen LogP contribution >= 0.6 is 30.2 Å². The number of ether oxygens (including phenoxy) is 3. The Morgan fingerprint density at radius 1 is 0.875 bits per heavy atom. The zero-order valence-corrected chi connectivity index (χ0v) is 22.9. The van der Waals surface area contributed by atoms with E-state index in [0.717, 1.165) is 14.8 Å². The van der Waals surface area contributed by atoms with E-state index in [0.29, 0.717) is 22.8 Å². The van der Waals surface area contributed by atoms with Gasteiger partial charge in [0.2, 0.25) is 5.75 Å². The second-order valence-electron chi connectivity index (χ2n) is 7.81. The van der Waals surface area contributed by atoms with E-state index in [2.05, 4.69) is 27.9 Å². The van der Waals surface area contributed by atoms with Crippen molar-refractivity contribution in [2.45, 2.75) is 52.6 Å². The van der Waals surface area contributed by atoms with E-state index in [-0.39, 0.29) is 12.2 Å². The standard InChI is InChI=1S/C23H33INO6P/c1-14(2)30-32(26,31-15(3)4)23(25-19-10-9-18(24)11-16(19)5)17-12-20(27-6)22(29-8)21(13-17)28-7/h9-15,23,25H,1-8H3. The van der Waals surface area contributed by atoms with Crippen LogP contribution in [0.25, 0.3) is 0 Å². The van der Waals surface area contributed by atoms with Crippen LogP contribution in [-0.4, -0.2) is 33.5 Å². The molecule has 0 saturated heterocycles. The quantitative estimate of drug-likeness (QED) is 0.233. The molecule has 2 aromatic rings. The van der Waals surface area contributed by atoms with Crippen LogP contribution in [0.4, 0.5) is 5.69 Å². The van der Waals surface area contributed by atoms with Crippen LogP contribution in [0.3, 0.4) is 0 Å². The van der Waals surface area contributed by atoms with E-state index in [1.165, 1.54) is 0 Å². The molecular formula is C23H33INO6P. The van der Waals surface area contributed by atoms with E-state index < -0.39 is 13.4 Å². The van der Waals surface area contributed by atoms with Gasteiger partial charge < -0.3 is 28.6 Å². The van der Waals surface area contributed by atoms with Gasteiger partial charge in [0.05, 0.1) is 33.5 Å². The molecule has 0 heterocycles. The summed E-state index contributed by atoms with van der Waals surface area (Å²) < 4.78 is 43.8. The fourth-order valence-corrected chi connectivity index (χ4v) is 6.20. The van der Waals surface area contributed by atoms with Crippen LogP contribution in [0.5, 0.6) is 17.2 Å². The average molecular weight is 577 g/mol. The second kappa shape index (κ2) is 11.6. The maximum absolute atomic E-state index is 14.2. The van der Waals surface area contributed by atoms with Crippen LogP contribution < -0.4 is 19.5 Å². The van der Waals surface area contributed by atoms with E-state index in [9.17, 15) is 4.57 Å². The van der Waals surface area contributed by atoms with E-state index in [1.807, 2.05) is 52.8 Å². The van der Waals surface area contributed by atoms with Gasteiger partial charge in [0.1, 0.15) is 0 Å². The molecule has 2 aromatic carbocycles. The zero-order valence-electron chi connectivity index (χ0n) is 19.9. The number of hydrogen-bond acceptors (Lipinski definition) is 7. The predicted molar refractivity (Wildman–Crippen MR) is 136 cm³/mol. The highest BCUT2D eigenvalue weighted by molar-refractivity contribution is 14.1. The summed E-state index contributed by atoms with van der Waals surface area (Å²) in [6.07, 6.45) is -0.632. The van der Waals surface area contributed by atoms with Crippen LogP contribution in [0, 0.1) is 10.5 Å². The first-order chi connectivity index (χ1) is 15.0. The molecule has 0 aliphatic heterocycles. The van der Waals surface area contributed by atoms with Gasteiger partial charge in [-0.1, -0.05) is 0 Å². The SMILES string of the molecule is COc1cc(C(Nc2ccc(I)cc2C)P(=O)(OC(C)C)OC(C)C)cc(OC)c1OC. The van der Waals surface area contributed by atoms with E-state index in [4.69, 9.17) is 23.3 Å². The number of rotatable bonds is 11. The summed E-state index contributed by atoms with van der Waals surface area (Å²) in [6.45, 7) is 9.32. The lowest BCUT2D eigenvalue weighted by Crippen LogP contribution is -2.20. The average Bonchev–Trinajstić information content (AvgIpc) is 2.70. The number of anilines is 1. The van der Waals surface area contributed by atoms with Gasteiger partial charge in [-0.15, -0.1) is 0 Å². The lowest BCUT2D eigenvalue weighted by atomic mass is 10.1. The van der Waals surface area contributed by atoms with Crippen LogP contribution in [0.2, 0.25) is 0 Å². The summed E-state index contributed by atoms with van der Waals surface area (Å²) in [5.41, 5.74) is 2.46. The number of nitrogens with one attached hydrogen (secondary N) is 1. The smallest absolute Gasteiger partial charge is 0.357 e. The summed E-state index contributed by atoms with van der Waals surface area (Å²) in [5, 5.41) is 3.41. The highest BCUT2D eigenvalue weighted by Gasteiger charge is 2.40. The molecule has 1 unspecified atom stereocenters. The molecule has 0 saturated carbocycles. The Bertz CT molecular complexity index is 926. The highest BCUT2D eigenvalue weighted by atomic mass is 127. The van der Waals surface area contributed by atoms with Crippen molar-refractivity contribution >= 4 is 35.9 Å². The molecule has 0 fully saturated rings. The van der Waals surface area contributed by atoms with Crippen molar-refractivity contribution in [1.82, 2.24) is 0 Å². The first kappa shape index (κ1) is 26.8. The Morgan fingerprint density at radius 2 is 1.41 bits per heavy atom. The third kappa shape index (κ3) is 6.53. The number of halogens is 1. The van der Waals surface area contributed by atoms with Gasteiger partial charge in [-0.3, -0.25) is 4.57 Å². The minimum absolute atomic E-state index is 0.316. The molecule has 1 atom stereocenters. The van der Waals surface area contributed by atoms with E-state index >= 15 is 0 Å². The summed E-state index contributed by atoms with van der Waals surface area (Å²) in [4.78, 5) is 0. The second-order valence-corrected chi connectivity index (χ2v) is 11.1. The molecule has 2 rings (SSSR count). The summed E-state index contributed by atoms with van der Waals surface area (Å²) in [7, 11) is 0.918. The lowest BCUT2D eigenvalue weighted by Gasteiger charge is -2.32. The van der Waals surface area contributed by atoms with Crippen LogP contribution in [0.1, 0.15) is 44.6 Å². The van der Waals surface area contributed by atoms with Crippen molar-refractivity contribution < 1.29 is 27.8 Å². The predicted octanol–water partition coefficient (Wildman–Crippen LogP) is 6.78. The number of hydrogen-bond donors (Lipinski definition) is 1. The summed E-state index contributed by atoms with van der Waals surface area (Å²) in [6, 6.07) is 9.52. The monoisotopic (exact) mass is 577 g/mol. The molecule has 0 radical (unpaired) electrons. The van der Waals surface area contributed by atoms with Gasteiger partial charge in [-0.2, -0.15) is 0 Å². The highest BCUT2D eigenvalue weighted by Crippen LogP contribution is 2.63. The maximum atomic E-state index is 14.2. The third-order valence-corrected chi connectivity index (χ3v) is 7.68. The van der Waals surface area contributed by atoms with Crippen molar-refractivity contribution in [3.63, 3.8) is 0 Å². The van der Waals surface area contributed by atoms with Gasteiger partial charge in [0.15, 0.2) is 17.3 Å². The van der Waals surface area contributed by atoms with Gasteiger partial charge in [0, 0.05) is 9.26 Å². The topological polar surface area (TPSA) is 75.3 Å². The van der Waals surface area contributed by atoms with Crippen LogP contribution in [0.15, 0.2) is 30.3 Å². The van der Waals surface area contributed by atoms with Gasteiger partial charge in [0.25, 0.3) is 0 Å². The molecule has 9 heteroatoms. The summed E-state index contributed by atoms with van der Waals surface area (Å²) in [5.74, 6) is 0.536. The first-order valence-corrected chi connectivity index (χ1v) is 13.0. The lowest BCUT2D eigenvalue weighted by molar-refractivity contribution is 0.138. The minimum atomic E-state index is -3.71. The van der Waals surface area contributed by atoms with Crippen LogP contribution in [-0.2, 0) is 13.6 Å². The molecule has 0 amide bonds. The zero-order chi connectivity index (χ0) is 24.1. The molecule has 0 spiro atoms. The molecule has 0 aliphatic rings.